The van der Waals surface area contributed by atoms with Crippen molar-refractivity contribution in [1.82, 2.24) is 14.9 Å². The molecule has 0 aliphatic rings. The lowest BCUT2D eigenvalue weighted by atomic mass is 10.1. The van der Waals surface area contributed by atoms with E-state index in [1.165, 1.54) is 28.8 Å². The van der Waals surface area contributed by atoms with Crippen LogP contribution in [0.25, 0.3) is 16.6 Å². The Labute approximate surface area is 216 Å². The molecule has 3 aromatic carbocycles. The second-order valence-electron chi connectivity index (χ2n) is 8.57. The predicted molar refractivity (Wildman–Crippen MR) is 141 cm³/mol. The van der Waals surface area contributed by atoms with Crippen LogP contribution in [-0.4, -0.2) is 33.5 Å². The number of hydrogen-bond donors (Lipinski definition) is 1. The zero-order valence-electron chi connectivity index (χ0n) is 19.6. The van der Waals surface area contributed by atoms with Crippen molar-refractivity contribution in [3.8, 4) is 5.69 Å². The minimum absolute atomic E-state index is 0.00926. The van der Waals surface area contributed by atoms with Gasteiger partial charge in [-0.05, 0) is 72.6 Å². The molecule has 4 rings (SSSR count). The zero-order chi connectivity index (χ0) is 25.8. The van der Waals surface area contributed by atoms with Crippen molar-refractivity contribution in [3.63, 3.8) is 0 Å². The van der Waals surface area contributed by atoms with Crippen LogP contribution in [0.1, 0.15) is 34.6 Å². The van der Waals surface area contributed by atoms with Crippen molar-refractivity contribution in [2.75, 3.05) is 12.3 Å². The third kappa shape index (κ3) is 5.83. The number of benzene rings is 3. The van der Waals surface area contributed by atoms with Crippen LogP contribution in [0.3, 0.4) is 0 Å². The maximum Gasteiger partial charge on any atom is 0.266 e. The summed E-state index contributed by atoms with van der Waals surface area (Å²) in [7, 11) is 0. The van der Waals surface area contributed by atoms with E-state index >= 15 is 0 Å². The molecule has 0 fully saturated rings. The van der Waals surface area contributed by atoms with E-state index in [2.05, 4.69) is 10.3 Å². The summed E-state index contributed by atoms with van der Waals surface area (Å²) in [6.45, 7) is 4.51. The average Bonchev–Trinajstić information content (AvgIpc) is 2.86. The van der Waals surface area contributed by atoms with Gasteiger partial charge in [0.1, 0.15) is 5.82 Å². The van der Waals surface area contributed by atoms with Gasteiger partial charge in [0.15, 0.2) is 10.9 Å². The third-order valence-electron chi connectivity index (χ3n) is 5.36. The lowest BCUT2D eigenvalue weighted by molar-refractivity contribution is 0.0948. The summed E-state index contributed by atoms with van der Waals surface area (Å²) in [5, 5.41) is 3.92. The van der Waals surface area contributed by atoms with Crippen LogP contribution in [0, 0.1) is 11.7 Å². The highest BCUT2D eigenvalue weighted by Crippen LogP contribution is 2.23. The van der Waals surface area contributed by atoms with E-state index in [1.54, 1.807) is 42.5 Å². The summed E-state index contributed by atoms with van der Waals surface area (Å²) in [6.07, 6.45) is 0. The molecule has 6 nitrogen and oxygen atoms in total. The third-order valence-corrected chi connectivity index (χ3v) is 6.55. The molecule has 1 heterocycles. The Morgan fingerprint density at radius 1 is 1.03 bits per heavy atom. The number of carbonyl (C=O) groups excluding carboxylic acids is 2. The van der Waals surface area contributed by atoms with E-state index in [-0.39, 0.29) is 34.1 Å². The van der Waals surface area contributed by atoms with Crippen LogP contribution in [0.5, 0.6) is 0 Å². The minimum atomic E-state index is -0.440. The molecule has 0 saturated heterocycles. The van der Waals surface area contributed by atoms with Crippen molar-refractivity contribution >= 4 is 46.0 Å². The monoisotopic (exact) mass is 523 g/mol. The zero-order valence-corrected chi connectivity index (χ0v) is 21.2. The number of ketones is 1. The number of hydrogen-bond acceptors (Lipinski definition) is 5. The van der Waals surface area contributed by atoms with E-state index in [9.17, 15) is 18.8 Å². The number of thioether (sulfide) groups is 1. The molecule has 1 N–H and O–H groups in total. The van der Waals surface area contributed by atoms with Crippen LogP contribution < -0.4 is 10.9 Å². The van der Waals surface area contributed by atoms with Gasteiger partial charge in [-0.15, -0.1) is 0 Å². The lowest BCUT2D eigenvalue weighted by Crippen LogP contribution is -2.27. The lowest BCUT2D eigenvalue weighted by Gasteiger charge is -2.14. The fourth-order valence-electron chi connectivity index (χ4n) is 3.47. The van der Waals surface area contributed by atoms with Crippen LogP contribution in [0.2, 0.25) is 5.02 Å². The molecular weight excluding hydrogens is 501 g/mol. The summed E-state index contributed by atoms with van der Waals surface area (Å²) in [5.41, 5.74) is 1.21. The fraction of sp³-hybridized carbons (Fsp3) is 0.185. The molecule has 36 heavy (non-hydrogen) atoms. The molecule has 184 valence electrons. The van der Waals surface area contributed by atoms with Gasteiger partial charge in [-0.2, -0.15) is 0 Å². The SMILES string of the molecule is CC(C)CNC(=O)c1ccc2c(=O)n(-c3ccc(F)cc3)c(SCC(=O)c3ccc(Cl)cc3)nc2c1. The molecule has 4 aromatic rings. The van der Waals surface area contributed by atoms with Gasteiger partial charge in [0.25, 0.3) is 11.5 Å². The highest BCUT2D eigenvalue weighted by Gasteiger charge is 2.17. The van der Waals surface area contributed by atoms with E-state index < -0.39 is 5.82 Å². The van der Waals surface area contributed by atoms with Gasteiger partial charge in [-0.25, -0.2) is 9.37 Å². The Morgan fingerprint density at radius 2 is 1.69 bits per heavy atom. The predicted octanol–water partition coefficient (Wildman–Crippen LogP) is 5.54. The number of nitrogens with one attached hydrogen (secondary N) is 1. The topological polar surface area (TPSA) is 81.1 Å². The molecule has 0 atom stereocenters. The molecule has 1 aromatic heterocycles. The van der Waals surface area contributed by atoms with Crippen LogP contribution >= 0.6 is 23.4 Å². The van der Waals surface area contributed by atoms with E-state index in [0.717, 1.165) is 11.8 Å². The highest BCUT2D eigenvalue weighted by molar-refractivity contribution is 7.99. The first-order valence-electron chi connectivity index (χ1n) is 11.3. The number of fused-ring (bicyclic) bond motifs is 1. The molecule has 0 aliphatic heterocycles. The van der Waals surface area contributed by atoms with Crippen molar-refractivity contribution in [2.45, 2.75) is 19.0 Å². The van der Waals surface area contributed by atoms with Crippen LogP contribution in [0.4, 0.5) is 4.39 Å². The second-order valence-corrected chi connectivity index (χ2v) is 9.94. The quantitative estimate of drug-likeness (QED) is 0.186. The van der Waals surface area contributed by atoms with Crippen molar-refractivity contribution in [3.05, 3.63) is 99.1 Å². The Kier molecular flexibility index (Phi) is 7.86. The van der Waals surface area contributed by atoms with E-state index in [4.69, 9.17) is 11.6 Å². The van der Waals surface area contributed by atoms with Crippen LogP contribution in [-0.2, 0) is 0 Å². The van der Waals surface area contributed by atoms with Crippen LogP contribution in [0.15, 0.2) is 76.7 Å². The normalized spacial score (nSPS) is 11.1. The van der Waals surface area contributed by atoms with Crippen molar-refractivity contribution < 1.29 is 14.0 Å². The molecular formula is C27H23ClFN3O3S. The molecule has 0 saturated carbocycles. The number of halogens is 2. The molecule has 9 heteroatoms. The smallest absolute Gasteiger partial charge is 0.266 e. The first-order chi connectivity index (χ1) is 17.2. The van der Waals surface area contributed by atoms with E-state index in [1.807, 2.05) is 13.8 Å². The first kappa shape index (κ1) is 25.6. The highest BCUT2D eigenvalue weighted by atomic mass is 35.5. The number of nitrogens with zero attached hydrogens (tertiary/aromatic N) is 2. The number of aromatic nitrogens is 2. The maximum absolute atomic E-state index is 13.6. The van der Waals surface area contributed by atoms with Gasteiger partial charge in [-0.3, -0.25) is 19.0 Å². The van der Waals surface area contributed by atoms with Gasteiger partial charge in [0.2, 0.25) is 0 Å². The summed E-state index contributed by atoms with van der Waals surface area (Å²) < 4.78 is 14.9. The standard InChI is InChI=1S/C27H23ClFN3O3S/c1-16(2)14-30-25(34)18-5-12-22-23(13-18)31-27(32(26(22)35)21-10-8-20(29)9-11-21)36-15-24(33)17-3-6-19(28)7-4-17/h3-13,16H,14-15H2,1-2H3,(H,30,34). The summed E-state index contributed by atoms with van der Waals surface area (Å²) >= 11 is 7.00. The van der Waals surface area contributed by atoms with Gasteiger partial charge in [-0.1, -0.05) is 37.2 Å². The molecule has 0 spiro atoms. The van der Waals surface area contributed by atoms with Crippen molar-refractivity contribution in [2.24, 2.45) is 5.92 Å². The summed E-state index contributed by atoms with van der Waals surface area (Å²) in [6, 6.07) is 16.7. The molecule has 0 unspecified atom stereocenters. The number of rotatable bonds is 8. The Bertz CT molecular complexity index is 1490. The minimum Gasteiger partial charge on any atom is -0.352 e. The first-order valence-corrected chi connectivity index (χ1v) is 12.6. The number of Topliss-reactive ketones (excluding diaryl/α,β-unsaturated/α-hetero) is 1. The largest absolute Gasteiger partial charge is 0.352 e. The van der Waals surface area contributed by atoms with Gasteiger partial charge >= 0.3 is 0 Å². The van der Waals surface area contributed by atoms with Gasteiger partial charge in [0, 0.05) is 22.7 Å². The number of carbonyl (C=O) groups is 2. The van der Waals surface area contributed by atoms with Gasteiger partial charge < -0.3 is 5.32 Å². The Hall–Kier alpha value is -3.49. The molecule has 0 radical (unpaired) electrons. The molecule has 0 bridgehead atoms. The second kappa shape index (κ2) is 11.1. The van der Waals surface area contributed by atoms with E-state index in [0.29, 0.717) is 39.3 Å². The number of amides is 1. The van der Waals surface area contributed by atoms with Crippen molar-refractivity contribution in [1.29, 1.82) is 0 Å². The molecule has 1 amide bonds. The summed E-state index contributed by atoms with van der Waals surface area (Å²) in [5.74, 6) is -0.572. The average molecular weight is 524 g/mol. The maximum atomic E-state index is 13.6. The molecule has 0 aliphatic carbocycles. The van der Waals surface area contributed by atoms with Gasteiger partial charge in [0.05, 0.1) is 22.3 Å². The Balaban J connectivity index is 1.75. The Morgan fingerprint density at radius 3 is 2.36 bits per heavy atom. The fourth-order valence-corrected chi connectivity index (χ4v) is 4.50. The summed E-state index contributed by atoms with van der Waals surface area (Å²) in [4.78, 5) is 43.5.